The number of rotatable bonds is 7. The molecule has 1 amide bonds. The van der Waals surface area contributed by atoms with Crippen molar-refractivity contribution in [2.45, 2.75) is 45.6 Å². The number of carbonyl (C=O) groups excluding carboxylic acids is 1. The van der Waals surface area contributed by atoms with Gasteiger partial charge in [0.2, 0.25) is 0 Å². The van der Waals surface area contributed by atoms with Gasteiger partial charge in [0, 0.05) is 45.0 Å². The SMILES string of the molecule is CCO[C@H]1CN(C(=O)OC)CC1Nc1c(C)nc(-c2ccc(N(C)C)cc2C(F)(F)F)n(CC)c1=O. The molecule has 2 atom stereocenters. The minimum atomic E-state index is -4.64. The maximum Gasteiger partial charge on any atom is 0.417 e. The van der Waals surface area contributed by atoms with Gasteiger partial charge in [0.05, 0.1) is 37.1 Å². The number of anilines is 2. The van der Waals surface area contributed by atoms with E-state index < -0.39 is 35.5 Å². The zero-order chi connectivity index (χ0) is 26.8. The van der Waals surface area contributed by atoms with Crippen LogP contribution in [0.2, 0.25) is 0 Å². The monoisotopic (exact) mass is 511 g/mol. The number of aromatic nitrogens is 2. The van der Waals surface area contributed by atoms with Crippen LogP contribution in [0.5, 0.6) is 0 Å². The summed E-state index contributed by atoms with van der Waals surface area (Å²) in [6.45, 7) is 6.07. The Morgan fingerprint density at radius 3 is 2.50 bits per heavy atom. The van der Waals surface area contributed by atoms with Crippen molar-refractivity contribution >= 4 is 17.5 Å². The van der Waals surface area contributed by atoms with E-state index in [-0.39, 0.29) is 42.4 Å². The predicted molar refractivity (Wildman–Crippen MR) is 130 cm³/mol. The Labute approximate surface area is 207 Å². The normalized spacial score (nSPS) is 17.9. The second-order valence-electron chi connectivity index (χ2n) is 8.69. The minimum Gasteiger partial charge on any atom is -0.453 e. The highest BCUT2D eigenvalue weighted by Gasteiger charge is 2.38. The zero-order valence-corrected chi connectivity index (χ0v) is 21.3. The van der Waals surface area contributed by atoms with Crippen LogP contribution in [0.25, 0.3) is 11.4 Å². The molecular formula is C24H32F3N5O4. The summed E-state index contributed by atoms with van der Waals surface area (Å²) in [6.07, 6.45) is -5.56. The van der Waals surface area contributed by atoms with E-state index >= 15 is 0 Å². The van der Waals surface area contributed by atoms with Crippen molar-refractivity contribution in [3.8, 4) is 11.4 Å². The predicted octanol–water partition coefficient (Wildman–Crippen LogP) is 3.59. The van der Waals surface area contributed by atoms with Crippen LogP contribution in [-0.2, 0) is 22.2 Å². The number of halogens is 3. The Bertz CT molecular complexity index is 1170. The third-order valence-corrected chi connectivity index (χ3v) is 6.14. The summed E-state index contributed by atoms with van der Waals surface area (Å²) in [4.78, 5) is 33.0. The lowest BCUT2D eigenvalue weighted by Gasteiger charge is -2.23. The van der Waals surface area contributed by atoms with Gasteiger partial charge in [0.25, 0.3) is 5.56 Å². The van der Waals surface area contributed by atoms with E-state index in [9.17, 15) is 22.8 Å². The Morgan fingerprint density at radius 2 is 1.94 bits per heavy atom. The molecule has 1 unspecified atom stereocenters. The van der Waals surface area contributed by atoms with Crippen LogP contribution in [0.15, 0.2) is 23.0 Å². The maximum atomic E-state index is 14.0. The standard InChI is InChI=1S/C24H32F3N5O4/c1-7-32-21(16-10-9-15(30(4)5)11-17(16)24(25,26)27)28-14(3)20(22(32)33)29-18-12-31(23(34)35-6)13-19(18)36-8-2/h9-11,18-19,29H,7-8,12-13H2,1-6H3/t18?,19-/m0/s1. The number of hydrogen-bond donors (Lipinski definition) is 1. The molecular weight excluding hydrogens is 479 g/mol. The summed E-state index contributed by atoms with van der Waals surface area (Å²) in [6, 6.07) is 3.52. The molecule has 9 nitrogen and oxygen atoms in total. The summed E-state index contributed by atoms with van der Waals surface area (Å²) >= 11 is 0. The third kappa shape index (κ3) is 5.43. The number of carbonyl (C=O) groups is 1. The number of amides is 1. The average Bonchev–Trinajstić information content (AvgIpc) is 3.22. The molecule has 1 aromatic carbocycles. The molecule has 0 bridgehead atoms. The number of benzene rings is 1. The van der Waals surface area contributed by atoms with Crippen LogP contribution in [-0.4, -0.2) is 73.6 Å². The van der Waals surface area contributed by atoms with Gasteiger partial charge in [-0.3, -0.25) is 9.36 Å². The lowest BCUT2D eigenvalue weighted by Crippen LogP contribution is -2.38. The van der Waals surface area contributed by atoms with Crippen LogP contribution < -0.4 is 15.8 Å². The van der Waals surface area contributed by atoms with E-state index in [0.717, 1.165) is 6.07 Å². The topological polar surface area (TPSA) is 88.9 Å². The van der Waals surface area contributed by atoms with Gasteiger partial charge in [-0.05, 0) is 39.0 Å². The molecule has 0 saturated carbocycles. The Morgan fingerprint density at radius 1 is 1.25 bits per heavy atom. The number of hydrogen-bond acceptors (Lipinski definition) is 7. The Balaban J connectivity index is 2.08. The molecule has 0 spiro atoms. The van der Waals surface area contributed by atoms with E-state index in [1.165, 1.54) is 22.6 Å². The highest BCUT2D eigenvalue weighted by Crippen LogP contribution is 2.38. The Hall–Kier alpha value is -3.28. The number of likely N-dealkylation sites (tertiary alicyclic amines) is 1. The average molecular weight is 512 g/mol. The number of nitrogens with one attached hydrogen (secondary N) is 1. The third-order valence-electron chi connectivity index (χ3n) is 6.14. The van der Waals surface area contributed by atoms with Gasteiger partial charge in [-0.1, -0.05) is 0 Å². The first-order valence-corrected chi connectivity index (χ1v) is 11.6. The summed E-state index contributed by atoms with van der Waals surface area (Å²) in [5.74, 6) is -0.0628. The molecule has 12 heteroatoms. The molecule has 3 rings (SSSR count). The Kier molecular flexibility index (Phi) is 8.17. The first-order valence-electron chi connectivity index (χ1n) is 11.6. The lowest BCUT2D eigenvalue weighted by atomic mass is 10.0. The van der Waals surface area contributed by atoms with E-state index in [2.05, 4.69) is 10.3 Å². The number of aryl methyl sites for hydroxylation is 1. The van der Waals surface area contributed by atoms with Gasteiger partial charge < -0.3 is 24.6 Å². The van der Waals surface area contributed by atoms with E-state index in [0.29, 0.717) is 12.3 Å². The quantitative estimate of drug-likeness (QED) is 0.608. The van der Waals surface area contributed by atoms with Crippen molar-refractivity contribution in [3.05, 3.63) is 39.8 Å². The molecule has 198 valence electrons. The second-order valence-corrected chi connectivity index (χ2v) is 8.69. The highest BCUT2D eigenvalue weighted by atomic mass is 19.4. The zero-order valence-electron chi connectivity index (χ0n) is 21.3. The van der Waals surface area contributed by atoms with Crippen molar-refractivity contribution in [3.63, 3.8) is 0 Å². The van der Waals surface area contributed by atoms with Gasteiger partial charge in [-0.2, -0.15) is 13.2 Å². The van der Waals surface area contributed by atoms with Gasteiger partial charge in [0.15, 0.2) is 0 Å². The van der Waals surface area contributed by atoms with Crippen LogP contribution in [0, 0.1) is 6.92 Å². The van der Waals surface area contributed by atoms with Crippen LogP contribution in [0.3, 0.4) is 0 Å². The fourth-order valence-corrected chi connectivity index (χ4v) is 4.33. The molecule has 1 aliphatic heterocycles. The summed E-state index contributed by atoms with van der Waals surface area (Å²) < 4.78 is 53.8. The molecule has 1 aliphatic rings. The van der Waals surface area contributed by atoms with Gasteiger partial charge in [-0.15, -0.1) is 0 Å². The molecule has 1 aromatic heterocycles. The summed E-state index contributed by atoms with van der Waals surface area (Å²) in [7, 11) is 4.59. The van der Waals surface area contributed by atoms with Crippen molar-refractivity contribution in [1.82, 2.24) is 14.5 Å². The van der Waals surface area contributed by atoms with Crippen LogP contribution in [0.1, 0.15) is 25.1 Å². The molecule has 0 radical (unpaired) electrons. The molecule has 1 fully saturated rings. The number of nitrogens with zero attached hydrogens (tertiary/aromatic N) is 4. The molecule has 36 heavy (non-hydrogen) atoms. The first kappa shape index (κ1) is 27.3. The molecule has 2 heterocycles. The van der Waals surface area contributed by atoms with E-state index in [1.54, 1.807) is 38.9 Å². The van der Waals surface area contributed by atoms with Crippen molar-refractivity contribution in [2.24, 2.45) is 0 Å². The molecule has 2 aromatic rings. The molecule has 1 N–H and O–H groups in total. The minimum absolute atomic E-state index is 0.0628. The molecule has 1 saturated heterocycles. The van der Waals surface area contributed by atoms with Crippen LogP contribution >= 0.6 is 0 Å². The van der Waals surface area contributed by atoms with Crippen molar-refractivity contribution in [2.75, 3.05) is 51.1 Å². The largest absolute Gasteiger partial charge is 0.453 e. The summed E-state index contributed by atoms with van der Waals surface area (Å²) in [5, 5.41) is 3.14. The van der Waals surface area contributed by atoms with Crippen molar-refractivity contribution < 1.29 is 27.4 Å². The van der Waals surface area contributed by atoms with E-state index in [1.807, 2.05) is 6.92 Å². The lowest BCUT2D eigenvalue weighted by molar-refractivity contribution is -0.137. The van der Waals surface area contributed by atoms with E-state index in [4.69, 9.17) is 9.47 Å². The number of alkyl halides is 3. The van der Waals surface area contributed by atoms with Gasteiger partial charge >= 0.3 is 12.3 Å². The van der Waals surface area contributed by atoms with Crippen molar-refractivity contribution in [1.29, 1.82) is 0 Å². The highest BCUT2D eigenvalue weighted by molar-refractivity contribution is 5.69. The fraction of sp³-hybridized carbons (Fsp3) is 0.542. The number of methoxy groups -OCH3 is 1. The van der Waals surface area contributed by atoms with Gasteiger partial charge in [-0.25, -0.2) is 9.78 Å². The second kappa shape index (κ2) is 10.8. The van der Waals surface area contributed by atoms with Crippen LogP contribution in [0.4, 0.5) is 29.3 Å². The fourth-order valence-electron chi connectivity index (χ4n) is 4.33. The smallest absolute Gasteiger partial charge is 0.417 e. The first-order chi connectivity index (χ1) is 16.9. The summed E-state index contributed by atoms with van der Waals surface area (Å²) in [5.41, 5.74) is -0.770. The maximum absolute atomic E-state index is 14.0. The molecule has 0 aliphatic carbocycles. The van der Waals surface area contributed by atoms with Gasteiger partial charge in [0.1, 0.15) is 11.5 Å². The number of ether oxygens (including phenoxy) is 2.